The minimum atomic E-state index is -3.80. The van der Waals surface area contributed by atoms with Crippen molar-refractivity contribution in [1.29, 1.82) is 0 Å². The monoisotopic (exact) mass is 283 g/mol. The van der Waals surface area contributed by atoms with E-state index in [0.29, 0.717) is 5.69 Å². The van der Waals surface area contributed by atoms with Crippen LogP contribution in [-0.4, -0.2) is 25.9 Å². The summed E-state index contributed by atoms with van der Waals surface area (Å²) in [6, 6.07) is 4.67. The Labute approximate surface area is 110 Å². The number of primary sulfonamides is 1. The number of imide groups is 1. The quantitative estimate of drug-likeness (QED) is 0.754. The standard InChI is InChI=1S/C11H13N3O4S/c1-11(2)9(15)14(10(16)13-11)7-3-5-8(6-4-7)19(12,17)18/h3-6H,1-2H3,(H,13,16)(H2,12,17,18). The van der Waals surface area contributed by atoms with Crippen LogP contribution in [0.5, 0.6) is 0 Å². The van der Waals surface area contributed by atoms with Gasteiger partial charge in [-0.05, 0) is 38.1 Å². The number of anilines is 1. The van der Waals surface area contributed by atoms with Gasteiger partial charge in [-0.25, -0.2) is 23.3 Å². The number of carbonyl (C=O) groups excluding carboxylic acids is 2. The smallest absolute Gasteiger partial charge is 0.323 e. The first kappa shape index (κ1) is 13.5. The summed E-state index contributed by atoms with van der Waals surface area (Å²) in [6.07, 6.45) is 0. The van der Waals surface area contributed by atoms with E-state index in [1.807, 2.05) is 0 Å². The fourth-order valence-electron chi connectivity index (χ4n) is 1.77. The normalized spacial score (nSPS) is 18.6. The Morgan fingerprint density at radius 1 is 1.16 bits per heavy atom. The van der Waals surface area contributed by atoms with Crippen molar-refractivity contribution in [3.63, 3.8) is 0 Å². The lowest BCUT2D eigenvalue weighted by molar-refractivity contribution is -0.121. The van der Waals surface area contributed by atoms with Gasteiger partial charge in [0.05, 0.1) is 10.6 Å². The zero-order valence-electron chi connectivity index (χ0n) is 10.4. The number of nitrogens with two attached hydrogens (primary N) is 1. The van der Waals surface area contributed by atoms with Crippen molar-refractivity contribution in [1.82, 2.24) is 5.32 Å². The fourth-order valence-corrected chi connectivity index (χ4v) is 2.28. The highest BCUT2D eigenvalue weighted by Gasteiger charge is 2.45. The van der Waals surface area contributed by atoms with E-state index < -0.39 is 27.5 Å². The van der Waals surface area contributed by atoms with Crippen LogP contribution >= 0.6 is 0 Å². The van der Waals surface area contributed by atoms with E-state index in [9.17, 15) is 18.0 Å². The molecule has 1 aromatic carbocycles. The highest BCUT2D eigenvalue weighted by molar-refractivity contribution is 7.89. The van der Waals surface area contributed by atoms with Crippen LogP contribution in [0.15, 0.2) is 29.2 Å². The molecule has 0 atom stereocenters. The third kappa shape index (κ3) is 2.32. The van der Waals surface area contributed by atoms with Gasteiger partial charge in [-0.2, -0.15) is 0 Å². The van der Waals surface area contributed by atoms with Crippen LogP contribution in [0.25, 0.3) is 0 Å². The predicted octanol–water partition coefficient (Wildman–Crippen LogP) is 0.169. The molecular formula is C11H13N3O4S. The second-order valence-electron chi connectivity index (χ2n) is 4.73. The highest BCUT2D eigenvalue weighted by atomic mass is 32.2. The molecule has 102 valence electrons. The van der Waals surface area contributed by atoms with Gasteiger partial charge in [-0.15, -0.1) is 0 Å². The van der Waals surface area contributed by atoms with Crippen LogP contribution in [0.2, 0.25) is 0 Å². The molecule has 3 N–H and O–H groups in total. The van der Waals surface area contributed by atoms with E-state index in [2.05, 4.69) is 5.32 Å². The molecule has 1 aromatic rings. The third-order valence-electron chi connectivity index (χ3n) is 2.78. The lowest BCUT2D eigenvalue weighted by Crippen LogP contribution is -2.40. The number of amides is 3. The molecule has 0 aliphatic carbocycles. The Bertz CT molecular complexity index is 649. The predicted molar refractivity (Wildman–Crippen MR) is 67.9 cm³/mol. The number of rotatable bonds is 2. The van der Waals surface area contributed by atoms with Gasteiger partial charge >= 0.3 is 6.03 Å². The number of nitrogens with one attached hydrogen (secondary N) is 1. The number of hydrogen-bond acceptors (Lipinski definition) is 4. The minimum Gasteiger partial charge on any atom is -0.323 e. The number of benzene rings is 1. The molecule has 0 saturated carbocycles. The molecule has 0 radical (unpaired) electrons. The lowest BCUT2D eigenvalue weighted by atomic mass is 10.1. The Morgan fingerprint density at radius 2 is 1.68 bits per heavy atom. The van der Waals surface area contributed by atoms with Crippen LogP contribution in [0.4, 0.5) is 10.5 Å². The maximum atomic E-state index is 12.0. The van der Waals surface area contributed by atoms with Crippen molar-refractivity contribution >= 4 is 27.6 Å². The number of urea groups is 1. The average molecular weight is 283 g/mol. The first-order chi connectivity index (χ1) is 8.63. The molecule has 0 aromatic heterocycles. The largest absolute Gasteiger partial charge is 0.329 e. The molecule has 0 bridgehead atoms. The van der Waals surface area contributed by atoms with Crippen LogP contribution in [0.1, 0.15) is 13.8 Å². The van der Waals surface area contributed by atoms with E-state index in [1.165, 1.54) is 24.3 Å². The van der Waals surface area contributed by atoms with E-state index in [0.717, 1.165) is 4.90 Å². The topological polar surface area (TPSA) is 110 Å². The summed E-state index contributed by atoms with van der Waals surface area (Å²) in [5, 5.41) is 7.50. The summed E-state index contributed by atoms with van der Waals surface area (Å²) in [4.78, 5) is 24.6. The first-order valence-corrected chi connectivity index (χ1v) is 6.97. The van der Waals surface area contributed by atoms with Crippen LogP contribution in [0.3, 0.4) is 0 Å². The van der Waals surface area contributed by atoms with E-state index in [1.54, 1.807) is 13.8 Å². The SMILES string of the molecule is CC1(C)NC(=O)N(c2ccc(S(N)(=O)=O)cc2)C1=O. The number of sulfonamides is 1. The van der Waals surface area contributed by atoms with Gasteiger partial charge in [0.15, 0.2) is 0 Å². The molecule has 0 unspecified atom stereocenters. The highest BCUT2D eigenvalue weighted by Crippen LogP contribution is 2.25. The molecule has 19 heavy (non-hydrogen) atoms. The third-order valence-corrected chi connectivity index (χ3v) is 3.71. The summed E-state index contributed by atoms with van der Waals surface area (Å²) in [7, 11) is -3.80. The Hall–Kier alpha value is -1.93. The second kappa shape index (κ2) is 4.04. The van der Waals surface area contributed by atoms with Crippen LogP contribution in [-0.2, 0) is 14.8 Å². The van der Waals surface area contributed by atoms with Crippen molar-refractivity contribution in [3.8, 4) is 0 Å². The van der Waals surface area contributed by atoms with E-state index in [4.69, 9.17) is 5.14 Å². The maximum Gasteiger partial charge on any atom is 0.329 e. The van der Waals surface area contributed by atoms with Crippen LogP contribution in [0, 0.1) is 0 Å². The first-order valence-electron chi connectivity index (χ1n) is 5.42. The van der Waals surface area contributed by atoms with Crippen molar-refractivity contribution in [2.45, 2.75) is 24.3 Å². The summed E-state index contributed by atoms with van der Waals surface area (Å²) in [5.74, 6) is -0.402. The van der Waals surface area contributed by atoms with Gasteiger partial charge in [-0.3, -0.25) is 4.79 Å². The molecule has 1 saturated heterocycles. The lowest BCUT2D eigenvalue weighted by Gasteiger charge is -2.16. The minimum absolute atomic E-state index is 0.0810. The van der Waals surface area contributed by atoms with Gasteiger partial charge in [0.25, 0.3) is 5.91 Å². The van der Waals surface area contributed by atoms with Gasteiger partial charge in [0.2, 0.25) is 10.0 Å². The molecule has 3 amide bonds. The number of hydrogen-bond donors (Lipinski definition) is 2. The van der Waals surface area contributed by atoms with Gasteiger partial charge < -0.3 is 5.32 Å². The van der Waals surface area contributed by atoms with Crippen molar-refractivity contribution in [2.75, 3.05) is 4.90 Å². The zero-order chi connectivity index (χ0) is 14.4. The Kier molecular flexibility index (Phi) is 2.87. The fraction of sp³-hybridized carbons (Fsp3) is 0.273. The molecule has 1 aliphatic heterocycles. The second-order valence-corrected chi connectivity index (χ2v) is 6.30. The van der Waals surface area contributed by atoms with Crippen molar-refractivity contribution in [3.05, 3.63) is 24.3 Å². The molecule has 1 aliphatic rings. The van der Waals surface area contributed by atoms with Crippen LogP contribution < -0.4 is 15.4 Å². The summed E-state index contributed by atoms with van der Waals surface area (Å²) >= 11 is 0. The number of nitrogens with zero attached hydrogens (tertiary/aromatic N) is 1. The molecule has 8 heteroatoms. The van der Waals surface area contributed by atoms with E-state index in [-0.39, 0.29) is 4.90 Å². The summed E-state index contributed by atoms with van der Waals surface area (Å²) in [6.45, 7) is 3.18. The maximum absolute atomic E-state index is 12.0. The van der Waals surface area contributed by atoms with E-state index >= 15 is 0 Å². The van der Waals surface area contributed by atoms with Gasteiger partial charge in [0, 0.05) is 0 Å². The Balaban J connectivity index is 2.39. The zero-order valence-corrected chi connectivity index (χ0v) is 11.2. The molecule has 2 rings (SSSR count). The summed E-state index contributed by atoms with van der Waals surface area (Å²) < 4.78 is 22.2. The molecule has 0 spiro atoms. The molecular weight excluding hydrogens is 270 g/mol. The summed E-state index contributed by atoms with van der Waals surface area (Å²) in [5.41, 5.74) is -0.684. The average Bonchev–Trinajstić information content (AvgIpc) is 2.47. The van der Waals surface area contributed by atoms with Crippen molar-refractivity contribution in [2.24, 2.45) is 5.14 Å². The Morgan fingerprint density at radius 3 is 2.05 bits per heavy atom. The molecule has 7 nitrogen and oxygen atoms in total. The molecule has 1 heterocycles. The van der Waals surface area contributed by atoms with Gasteiger partial charge in [0.1, 0.15) is 5.54 Å². The number of carbonyl (C=O) groups is 2. The molecule has 1 fully saturated rings. The van der Waals surface area contributed by atoms with Gasteiger partial charge in [-0.1, -0.05) is 0 Å². The van der Waals surface area contributed by atoms with Crippen molar-refractivity contribution < 1.29 is 18.0 Å².